The maximum absolute atomic E-state index is 13.0. The first-order valence-electron chi connectivity index (χ1n) is 11.0. The van der Waals surface area contributed by atoms with E-state index < -0.39 is 12.1 Å². The number of aryl methyl sites for hydroxylation is 1. The monoisotopic (exact) mass is 484 g/mol. The fourth-order valence-electron chi connectivity index (χ4n) is 4.62. The first kappa shape index (κ1) is 22.1. The van der Waals surface area contributed by atoms with E-state index in [1.54, 1.807) is 10.4 Å². The summed E-state index contributed by atoms with van der Waals surface area (Å²) in [5, 5.41) is 3.73. The van der Waals surface area contributed by atoms with Crippen LogP contribution in [0, 0.1) is 6.92 Å². The van der Waals surface area contributed by atoms with Gasteiger partial charge in [0.05, 0.1) is 15.7 Å². The van der Waals surface area contributed by atoms with Crippen molar-refractivity contribution in [1.29, 1.82) is 0 Å². The van der Waals surface area contributed by atoms with E-state index >= 15 is 0 Å². The number of cyclic esters (lactones) is 1. The van der Waals surface area contributed by atoms with Crippen LogP contribution in [-0.4, -0.2) is 58.6 Å². The van der Waals surface area contributed by atoms with Gasteiger partial charge >= 0.3 is 6.09 Å². The van der Waals surface area contributed by atoms with E-state index in [2.05, 4.69) is 27.3 Å². The van der Waals surface area contributed by atoms with Gasteiger partial charge in [0.2, 0.25) is 0 Å². The number of rotatable bonds is 5. The lowest BCUT2D eigenvalue weighted by atomic mass is 10.0. The van der Waals surface area contributed by atoms with E-state index in [0.29, 0.717) is 5.69 Å². The van der Waals surface area contributed by atoms with Crippen molar-refractivity contribution in [2.24, 2.45) is 0 Å². The predicted octanol–water partition coefficient (Wildman–Crippen LogP) is 4.68. The Hall–Kier alpha value is -2.68. The molecule has 0 aliphatic carbocycles. The largest absolute Gasteiger partial charge is 0.447 e. The van der Waals surface area contributed by atoms with Crippen LogP contribution in [0.5, 0.6) is 0 Å². The van der Waals surface area contributed by atoms with Crippen molar-refractivity contribution in [2.75, 3.05) is 25.0 Å². The highest BCUT2D eigenvalue weighted by Gasteiger charge is 2.43. The molecule has 3 aromatic rings. The third kappa shape index (κ3) is 4.69. The zero-order valence-electron chi connectivity index (χ0n) is 18.3. The Labute approximate surface area is 201 Å². The van der Waals surface area contributed by atoms with E-state index in [-0.39, 0.29) is 18.6 Å². The van der Waals surface area contributed by atoms with Crippen molar-refractivity contribution < 1.29 is 14.3 Å². The normalized spacial score (nSPS) is 19.8. The number of nitrogens with one attached hydrogen (secondary N) is 1. The highest BCUT2D eigenvalue weighted by atomic mass is 35.5. The van der Waals surface area contributed by atoms with E-state index in [0.717, 1.165) is 53.3 Å². The zero-order valence-corrected chi connectivity index (χ0v) is 19.9. The van der Waals surface area contributed by atoms with Crippen molar-refractivity contribution in [3.63, 3.8) is 0 Å². The standard InChI is InChI=1S/C24H25ClN4O3S/c1-15-10-16(2-4-19(15)25)12-28-8-6-18(7-9-28)29-21(13-32-24(29)31)23(30)27-17-3-5-20-22(11-17)33-14-26-20/h2-5,10-11,14,18,21H,6-9,12-13H2,1H3,(H,27,30)/t21-/m0/s1. The molecule has 2 amide bonds. The molecule has 3 heterocycles. The Kier molecular flexibility index (Phi) is 6.23. The molecule has 0 spiro atoms. The molecular weight excluding hydrogens is 460 g/mol. The van der Waals surface area contributed by atoms with Gasteiger partial charge in [-0.2, -0.15) is 0 Å². The number of aromatic nitrogens is 1. The minimum absolute atomic E-state index is 0.0112. The number of carbonyl (C=O) groups is 2. The number of benzene rings is 2. The Morgan fingerprint density at radius 1 is 1.24 bits per heavy atom. The topological polar surface area (TPSA) is 74.8 Å². The molecule has 0 saturated carbocycles. The van der Waals surface area contributed by atoms with Crippen LogP contribution in [0.2, 0.25) is 5.02 Å². The summed E-state index contributed by atoms with van der Waals surface area (Å²) in [5.74, 6) is -0.219. The highest BCUT2D eigenvalue weighted by Crippen LogP contribution is 2.27. The lowest BCUT2D eigenvalue weighted by molar-refractivity contribution is -0.120. The average Bonchev–Trinajstić information content (AvgIpc) is 3.43. The van der Waals surface area contributed by atoms with Crippen molar-refractivity contribution in [2.45, 2.75) is 38.4 Å². The lowest BCUT2D eigenvalue weighted by Gasteiger charge is -2.37. The number of hydrogen-bond donors (Lipinski definition) is 1. The van der Waals surface area contributed by atoms with E-state index in [1.165, 1.54) is 16.9 Å². The molecule has 1 aromatic heterocycles. The molecule has 1 atom stereocenters. The summed E-state index contributed by atoms with van der Waals surface area (Å²) in [7, 11) is 0. The Morgan fingerprint density at radius 3 is 2.85 bits per heavy atom. The van der Waals surface area contributed by atoms with Gasteiger partial charge in [-0.3, -0.25) is 14.6 Å². The van der Waals surface area contributed by atoms with Gasteiger partial charge in [0.25, 0.3) is 5.91 Å². The molecular formula is C24H25ClN4O3S. The molecule has 2 aliphatic heterocycles. The van der Waals surface area contributed by atoms with Gasteiger partial charge in [-0.1, -0.05) is 23.7 Å². The number of hydrogen-bond acceptors (Lipinski definition) is 6. The summed E-state index contributed by atoms with van der Waals surface area (Å²) in [6, 6.07) is 11.1. The molecule has 33 heavy (non-hydrogen) atoms. The molecule has 2 saturated heterocycles. The SMILES string of the molecule is Cc1cc(CN2CCC(N3C(=O)OC[C@H]3C(=O)Nc3ccc4ncsc4c3)CC2)ccc1Cl. The van der Waals surface area contributed by atoms with E-state index in [4.69, 9.17) is 16.3 Å². The first-order valence-corrected chi connectivity index (χ1v) is 12.3. The summed E-state index contributed by atoms with van der Waals surface area (Å²) in [6.45, 7) is 4.65. The minimum atomic E-state index is -0.620. The Morgan fingerprint density at radius 2 is 2.06 bits per heavy atom. The molecule has 9 heteroatoms. The molecule has 2 aliphatic rings. The maximum Gasteiger partial charge on any atom is 0.410 e. The average molecular weight is 485 g/mol. The van der Waals surface area contributed by atoms with E-state index in [1.807, 2.05) is 31.2 Å². The molecule has 0 bridgehead atoms. The number of nitrogens with zero attached hydrogens (tertiary/aromatic N) is 3. The zero-order chi connectivity index (χ0) is 22.9. The molecule has 2 fully saturated rings. The number of halogens is 1. The molecule has 0 unspecified atom stereocenters. The van der Waals surface area contributed by atoms with E-state index in [9.17, 15) is 9.59 Å². The molecule has 7 nitrogen and oxygen atoms in total. The second-order valence-corrected chi connectivity index (χ2v) is 9.91. The second kappa shape index (κ2) is 9.29. The van der Waals surface area contributed by atoms with Crippen molar-refractivity contribution in [3.8, 4) is 0 Å². The van der Waals surface area contributed by atoms with Crippen molar-refractivity contribution >= 4 is 50.8 Å². The first-order chi connectivity index (χ1) is 16.0. The molecule has 2 aromatic carbocycles. The molecule has 1 N–H and O–H groups in total. The number of thiazole rings is 1. The van der Waals surface area contributed by atoms with Crippen LogP contribution in [0.25, 0.3) is 10.2 Å². The molecule has 0 radical (unpaired) electrons. The van der Waals surface area contributed by atoms with Crippen molar-refractivity contribution in [1.82, 2.24) is 14.8 Å². The second-order valence-electron chi connectivity index (χ2n) is 8.61. The third-order valence-corrected chi connectivity index (χ3v) is 7.61. The number of amides is 2. The number of piperidine rings is 1. The fourth-order valence-corrected chi connectivity index (χ4v) is 5.45. The molecule has 172 valence electrons. The summed E-state index contributed by atoms with van der Waals surface area (Å²) < 4.78 is 6.29. The Bertz CT molecular complexity index is 1190. The van der Waals surface area contributed by atoms with Gasteiger partial charge in [-0.25, -0.2) is 9.78 Å². The molecule has 5 rings (SSSR count). The third-order valence-electron chi connectivity index (χ3n) is 6.39. The van der Waals surface area contributed by atoms with Crippen LogP contribution in [0.4, 0.5) is 10.5 Å². The van der Waals surface area contributed by atoms with Gasteiger partial charge in [-0.05, 0) is 55.2 Å². The number of likely N-dealkylation sites (tertiary alicyclic amines) is 1. The Balaban J connectivity index is 1.21. The van der Waals surface area contributed by atoms with Crippen LogP contribution >= 0.6 is 22.9 Å². The van der Waals surface area contributed by atoms with Crippen LogP contribution < -0.4 is 5.32 Å². The predicted molar refractivity (Wildman–Crippen MR) is 130 cm³/mol. The van der Waals surface area contributed by atoms with Gasteiger partial charge in [0.15, 0.2) is 0 Å². The summed E-state index contributed by atoms with van der Waals surface area (Å²) in [5.41, 5.74) is 5.68. The van der Waals surface area contributed by atoms with Crippen LogP contribution in [0.15, 0.2) is 41.9 Å². The van der Waals surface area contributed by atoms with Crippen LogP contribution in [0.1, 0.15) is 24.0 Å². The number of ether oxygens (including phenoxy) is 1. The number of carbonyl (C=O) groups excluding carboxylic acids is 2. The summed E-state index contributed by atoms with van der Waals surface area (Å²) >= 11 is 7.67. The van der Waals surface area contributed by atoms with Crippen LogP contribution in [-0.2, 0) is 16.1 Å². The number of fused-ring (bicyclic) bond motifs is 1. The van der Waals surface area contributed by atoms with Gasteiger partial charge < -0.3 is 10.1 Å². The number of anilines is 1. The summed E-state index contributed by atoms with van der Waals surface area (Å²) in [4.78, 5) is 33.8. The lowest BCUT2D eigenvalue weighted by Crippen LogP contribution is -2.51. The maximum atomic E-state index is 13.0. The van der Waals surface area contributed by atoms with Crippen LogP contribution in [0.3, 0.4) is 0 Å². The van der Waals surface area contributed by atoms with Gasteiger partial charge in [0.1, 0.15) is 12.6 Å². The minimum Gasteiger partial charge on any atom is -0.447 e. The smallest absolute Gasteiger partial charge is 0.410 e. The highest BCUT2D eigenvalue weighted by molar-refractivity contribution is 7.16. The fraction of sp³-hybridized carbons (Fsp3) is 0.375. The van der Waals surface area contributed by atoms with Gasteiger partial charge in [-0.15, -0.1) is 11.3 Å². The van der Waals surface area contributed by atoms with Crippen molar-refractivity contribution in [3.05, 3.63) is 58.1 Å². The summed E-state index contributed by atoms with van der Waals surface area (Å²) in [6.07, 6.45) is 1.20. The van der Waals surface area contributed by atoms with Gasteiger partial charge in [0, 0.05) is 36.4 Å². The quantitative estimate of drug-likeness (QED) is 0.569.